The lowest BCUT2D eigenvalue weighted by Crippen LogP contribution is -2.61. The smallest absolute Gasteiger partial charge is 0.315 e. The molecule has 4 saturated carbocycles. The van der Waals surface area contributed by atoms with Gasteiger partial charge in [0.1, 0.15) is 0 Å². The van der Waals surface area contributed by atoms with E-state index >= 15 is 0 Å². The fraction of sp³-hybridized carbons (Fsp3) is 0.571. The lowest BCUT2D eigenvalue weighted by atomic mass is 9.53. The molecule has 7 rings (SSSR count). The van der Waals surface area contributed by atoms with Crippen molar-refractivity contribution in [2.75, 3.05) is 20.1 Å². The number of carbonyl (C=O) groups excluding carboxylic acids is 1. The van der Waals surface area contributed by atoms with Crippen molar-refractivity contribution in [1.29, 1.82) is 0 Å². The normalized spacial score (nSPS) is 33.5. The highest BCUT2D eigenvalue weighted by atomic mass is 16.7. The Morgan fingerprint density at radius 1 is 0.976 bits per heavy atom. The Kier molecular flexibility index (Phi) is 8.73. The summed E-state index contributed by atoms with van der Waals surface area (Å²) in [5, 5.41) is 16.0. The van der Waals surface area contributed by atoms with Crippen LogP contribution in [0.2, 0.25) is 0 Å². The molecule has 0 radical (unpaired) electrons. The topological polar surface area (TPSA) is 83.1 Å². The van der Waals surface area contributed by atoms with Gasteiger partial charge in [-0.15, -0.1) is 6.58 Å². The number of nitrogens with one attached hydrogen (secondary N) is 2. The fourth-order valence-corrected chi connectivity index (χ4v) is 8.45. The summed E-state index contributed by atoms with van der Waals surface area (Å²) in [7, 11) is 2.08. The fourth-order valence-electron chi connectivity index (χ4n) is 8.45. The molecule has 5 fully saturated rings. The third kappa shape index (κ3) is 6.45. The molecular weight excluding hydrogens is 526 g/mol. The molecule has 5 aliphatic rings. The van der Waals surface area contributed by atoms with Crippen molar-refractivity contribution in [3.05, 3.63) is 83.4 Å². The van der Waals surface area contributed by atoms with E-state index in [0.717, 1.165) is 72.4 Å². The summed E-state index contributed by atoms with van der Waals surface area (Å²) in [6.45, 7) is 8.11. The van der Waals surface area contributed by atoms with Gasteiger partial charge >= 0.3 is 6.03 Å². The first-order chi connectivity index (χ1) is 20.3. The van der Waals surface area contributed by atoms with Gasteiger partial charge in [0.25, 0.3) is 0 Å². The molecule has 1 saturated heterocycles. The maximum Gasteiger partial charge on any atom is 0.315 e. The molecule has 0 aromatic heterocycles. The largest absolute Gasteiger partial charge is 0.392 e. The van der Waals surface area contributed by atoms with E-state index in [1.165, 1.54) is 19.3 Å². The minimum atomic E-state index is -0.507. The Balaban J connectivity index is 1.09. The molecule has 42 heavy (non-hydrogen) atoms. The molecule has 2 amide bonds. The van der Waals surface area contributed by atoms with E-state index in [1.807, 2.05) is 42.5 Å². The molecule has 4 atom stereocenters. The predicted molar refractivity (Wildman–Crippen MR) is 163 cm³/mol. The zero-order valence-corrected chi connectivity index (χ0v) is 25.1. The molecule has 2 aromatic carbocycles. The molecule has 226 valence electrons. The number of rotatable bonds is 10. The Morgan fingerprint density at radius 2 is 1.57 bits per heavy atom. The predicted octanol–water partition coefficient (Wildman–Crippen LogP) is 5.86. The van der Waals surface area contributed by atoms with Crippen LogP contribution in [0.3, 0.4) is 0 Å². The van der Waals surface area contributed by atoms with Crippen LogP contribution in [-0.2, 0) is 22.6 Å². The number of aliphatic hydroxyl groups is 1. The SMILES string of the molecule is C=CCN(C)C[C@H]1O[C@@H](c2ccc(CNC(=O)NC34CC5CC(CC(C5)C3)C4)cc2)O[C@@H](c2ccc(CO)cc2)[C@H]1C. The van der Waals surface area contributed by atoms with Crippen LogP contribution in [0.1, 0.15) is 80.1 Å². The number of hydrogen-bond acceptors (Lipinski definition) is 5. The second kappa shape index (κ2) is 12.5. The Bertz CT molecular complexity index is 1190. The van der Waals surface area contributed by atoms with Crippen molar-refractivity contribution < 1.29 is 19.4 Å². The molecule has 3 N–H and O–H groups in total. The molecule has 1 aliphatic heterocycles. The molecule has 4 aliphatic carbocycles. The van der Waals surface area contributed by atoms with E-state index < -0.39 is 6.29 Å². The third-order valence-electron chi connectivity index (χ3n) is 10.2. The van der Waals surface area contributed by atoms with Crippen LogP contribution in [0.4, 0.5) is 4.79 Å². The van der Waals surface area contributed by atoms with E-state index in [4.69, 9.17) is 9.47 Å². The summed E-state index contributed by atoms with van der Waals surface area (Å²) in [5.41, 5.74) is 3.98. The van der Waals surface area contributed by atoms with Crippen molar-refractivity contribution in [2.45, 2.75) is 82.6 Å². The molecule has 0 unspecified atom stereocenters. The minimum Gasteiger partial charge on any atom is -0.392 e. The third-order valence-corrected chi connectivity index (χ3v) is 10.2. The Hall–Kier alpha value is -2.71. The first-order valence-electron chi connectivity index (χ1n) is 15.8. The van der Waals surface area contributed by atoms with E-state index in [2.05, 4.69) is 48.2 Å². The number of likely N-dealkylation sites (N-methyl/N-ethyl adjacent to an activating group) is 1. The molecule has 4 bridgehead atoms. The molecular formula is C35H47N3O4. The Morgan fingerprint density at radius 3 is 2.17 bits per heavy atom. The van der Waals surface area contributed by atoms with Gasteiger partial charge in [-0.25, -0.2) is 4.79 Å². The van der Waals surface area contributed by atoms with E-state index in [-0.39, 0.29) is 36.3 Å². The van der Waals surface area contributed by atoms with Crippen LogP contribution in [0.25, 0.3) is 0 Å². The zero-order valence-electron chi connectivity index (χ0n) is 25.1. The van der Waals surface area contributed by atoms with Gasteiger partial charge in [-0.2, -0.15) is 0 Å². The van der Waals surface area contributed by atoms with Crippen molar-refractivity contribution in [3.8, 4) is 0 Å². The van der Waals surface area contributed by atoms with Crippen molar-refractivity contribution in [2.24, 2.45) is 23.7 Å². The summed E-state index contributed by atoms with van der Waals surface area (Å²) < 4.78 is 13.1. The van der Waals surface area contributed by atoms with Crippen molar-refractivity contribution in [1.82, 2.24) is 15.5 Å². The number of benzene rings is 2. The van der Waals surface area contributed by atoms with Gasteiger partial charge in [0.05, 0.1) is 18.8 Å². The van der Waals surface area contributed by atoms with Gasteiger partial charge in [0.15, 0.2) is 6.29 Å². The second-order valence-corrected chi connectivity index (χ2v) is 13.6. The maximum atomic E-state index is 12.9. The van der Waals surface area contributed by atoms with Gasteiger partial charge in [-0.1, -0.05) is 61.5 Å². The summed E-state index contributed by atoms with van der Waals surface area (Å²) in [4.78, 5) is 15.2. The maximum absolute atomic E-state index is 12.9. The van der Waals surface area contributed by atoms with Gasteiger partial charge in [-0.3, -0.25) is 0 Å². The van der Waals surface area contributed by atoms with E-state index in [1.54, 1.807) is 0 Å². The van der Waals surface area contributed by atoms with Gasteiger partial charge in [0.2, 0.25) is 0 Å². The lowest BCUT2D eigenvalue weighted by molar-refractivity contribution is -0.275. The first kappa shape index (κ1) is 29.4. The number of urea groups is 1. The number of ether oxygens (including phenoxy) is 2. The van der Waals surface area contributed by atoms with Crippen LogP contribution in [-0.4, -0.2) is 47.8 Å². The van der Waals surface area contributed by atoms with Crippen LogP contribution in [0, 0.1) is 23.7 Å². The molecule has 2 aromatic rings. The average Bonchev–Trinajstić information content (AvgIpc) is 2.97. The summed E-state index contributed by atoms with van der Waals surface area (Å²) in [5.74, 6) is 2.54. The zero-order chi connectivity index (χ0) is 29.3. The molecule has 7 nitrogen and oxygen atoms in total. The summed E-state index contributed by atoms with van der Waals surface area (Å²) >= 11 is 0. The van der Waals surface area contributed by atoms with Gasteiger partial charge in [-0.05, 0) is 80.0 Å². The average molecular weight is 574 g/mol. The van der Waals surface area contributed by atoms with E-state index in [0.29, 0.717) is 6.54 Å². The quantitative estimate of drug-likeness (QED) is 0.311. The number of aliphatic hydroxyl groups excluding tert-OH is 1. The standard InChI is InChI=1S/C35H47N3O4/c1-4-13-38(3)21-31-23(2)32(29-9-7-25(22-39)8-10-29)42-33(41-31)30-11-5-24(6-12-30)20-36-34(40)37-35-17-26-14-27(18-35)16-28(15-26)19-35/h4-12,23,26-28,31-33,39H,1,13-22H2,2-3H3,(H2,36,37,40)/t23-,26?,27?,28?,31+,32+,33+,35?/m0/s1. The van der Waals surface area contributed by atoms with Gasteiger partial charge in [0, 0.05) is 36.7 Å². The molecule has 0 spiro atoms. The lowest BCUT2D eigenvalue weighted by Gasteiger charge is -2.56. The molecule has 7 heteroatoms. The van der Waals surface area contributed by atoms with Crippen LogP contribution >= 0.6 is 0 Å². The summed E-state index contributed by atoms with van der Waals surface area (Å²) in [6.07, 6.45) is 8.77. The number of amides is 2. The van der Waals surface area contributed by atoms with Crippen LogP contribution in [0.15, 0.2) is 61.2 Å². The Labute approximate surface area is 250 Å². The monoisotopic (exact) mass is 573 g/mol. The van der Waals surface area contributed by atoms with Crippen molar-refractivity contribution >= 4 is 6.03 Å². The van der Waals surface area contributed by atoms with Gasteiger partial charge < -0.3 is 30.1 Å². The van der Waals surface area contributed by atoms with Crippen LogP contribution < -0.4 is 10.6 Å². The minimum absolute atomic E-state index is 0.0146. The highest BCUT2D eigenvalue weighted by Gasteiger charge is 2.51. The number of hydrogen-bond donors (Lipinski definition) is 3. The van der Waals surface area contributed by atoms with E-state index in [9.17, 15) is 9.90 Å². The summed E-state index contributed by atoms with van der Waals surface area (Å²) in [6, 6.07) is 16.1. The highest BCUT2D eigenvalue weighted by molar-refractivity contribution is 5.75. The first-order valence-corrected chi connectivity index (χ1v) is 15.8. The number of nitrogens with zero attached hydrogens (tertiary/aromatic N) is 1. The van der Waals surface area contributed by atoms with Crippen molar-refractivity contribution in [3.63, 3.8) is 0 Å². The number of carbonyl (C=O) groups is 1. The molecule has 1 heterocycles. The van der Waals surface area contributed by atoms with Crippen LogP contribution in [0.5, 0.6) is 0 Å². The highest BCUT2D eigenvalue weighted by Crippen LogP contribution is 2.55. The second-order valence-electron chi connectivity index (χ2n) is 13.6.